The molecule has 1 saturated carbocycles. The van der Waals surface area contributed by atoms with Crippen LogP contribution in [0.2, 0.25) is 5.02 Å². The smallest absolute Gasteiger partial charge is 0.353 e. The highest BCUT2D eigenvalue weighted by atomic mass is 35.5. The fraction of sp³-hybridized carbons (Fsp3) is 0.211. The van der Waals surface area contributed by atoms with E-state index in [1.54, 1.807) is 0 Å². The molecule has 1 aliphatic rings. The minimum absolute atomic E-state index is 0.361. The topological polar surface area (TPSA) is 42.2 Å². The predicted octanol–water partition coefficient (Wildman–Crippen LogP) is 5.07. The number of carbonyl (C=O) groups is 1. The Morgan fingerprint density at radius 2 is 1.91 bits per heavy atom. The van der Waals surface area contributed by atoms with Gasteiger partial charge in [-0.1, -0.05) is 41.9 Å². The Morgan fingerprint density at radius 3 is 2.57 bits per heavy atom. The maximum atomic E-state index is 12.0. The number of fused-ring (bicyclic) bond motifs is 1. The van der Waals surface area contributed by atoms with Crippen LogP contribution < -0.4 is 0 Å². The van der Waals surface area contributed by atoms with Crippen LogP contribution in [0.3, 0.4) is 0 Å². The molecule has 116 valence electrons. The number of hydrogen-bond acceptors (Lipinski definition) is 1. The van der Waals surface area contributed by atoms with Crippen LogP contribution in [0.4, 0.5) is 0 Å². The molecule has 23 heavy (non-hydrogen) atoms. The first-order valence-corrected chi connectivity index (χ1v) is 8.13. The van der Waals surface area contributed by atoms with Crippen molar-refractivity contribution in [2.24, 2.45) is 5.92 Å². The third kappa shape index (κ3) is 2.51. The van der Waals surface area contributed by atoms with Gasteiger partial charge >= 0.3 is 5.97 Å². The van der Waals surface area contributed by atoms with Crippen molar-refractivity contribution in [3.63, 3.8) is 0 Å². The Bertz CT molecular complexity index is 895. The summed E-state index contributed by atoms with van der Waals surface area (Å²) < 4.78 is 1.95. The number of aromatic nitrogens is 1. The van der Waals surface area contributed by atoms with Crippen molar-refractivity contribution < 1.29 is 9.90 Å². The quantitative estimate of drug-likeness (QED) is 0.727. The van der Waals surface area contributed by atoms with Crippen LogP contribution in [0.25, 0.3) is 22.0 Å². The maximum Gasteiger partial charge on any atom is 0.353 e. The molecule has 0 unspecified atom stereocenters. The summed E-state index contributed by atoms with van der Waals surface area (Å²) >= 11 is 6.18. The molecule has 1 fully saturated rings. The van der Waals surface area contributed by atoms with Gasteiger partial charge in [-0.2, -0.15) is 0 Å². The lowest BCUT2D eigenvalue weighted by atomic mass is 10.0. The van der Waals surface area contributed by atoms with E-state index in [1.807, 2.05) is 53.1 Å². The van der Waals surface area contributed by atoms with Crippen molar-refractivity contribution in [2.75, 3.05) is 0 Å². The molecular weight excluding hydrogens is 310 g/mol. The first kappa shape index (κ1) is 14.3. The Balaban J connectivity index is 2.07. The number of carboxylic acid groups (broad SMARTS) is 1. The van der Waals surface area contributed by atoms with Gasteiger partial charge in [0.05, 0.1) is 0 Å². The van der Waals surface area contributed by atoms with E-state index in [2.05, 4.69) is 0 Å². The van der Waals surface area contributed by atoms with Crippen LogP contribution in [0.15, 0.2) is 48.5 Å². The van der Waals surface area contributed by atoms with Gasteiger partial charge in [-0.15, -0.1) is 0 Å². The number of benzene rings is 2. The molecule has 4 heteroatoms. The van der Waals surface area contributed by atoms with Crippen LogP contribution in [-0.4, -0.2) is 15.6 Å². The molecule has 0 bridgehead atoms. The van der Waals surface area contributed by atoms with Crippen LogP contribution in [0.5, 0.6) is 0 Å². The van der Waals surface area contributed by atoms with E-state index in [9.17, 15) is 9.90 Å². The highest BCUT2D eigenvalue weighted by Gasteiger charge is 2.28. The van der Waals surface area contributed by atoms with Gasteiger partial charge in [-0.05, 0) is 42.5 Å². The van der Waals surface area contributed by atoms with Crippen molar-refractivity contribution >= 4 is 28.5 Å². The number of hydrogen-bond donors (Lipinski definition) is 1. The molecule has 2 aromatic carbocycles. The number of halogens is 1. The third-order valence-corrected chi connectivity index (χ3v) is 4.66. The molecule has 3 nitrogen and oxygen atoms in total. The number of carboxylic acids is 1. The van der Waals surface area contributed by atoms with E-state index in [4.69, 9.17) is 11.6 Å². The number of nitrogens with zero attached hydrogens (tertiary/aromatic N) is 1. The summed E-state index contributed by atoms with van der Waals surface area (Å²) in [5.41, 5.74) is 2.97. The molecule has 4 rings (SSSR count). The molecule has 0 spiro atoms. The Hall–Kier alpha value is -2.26. The number of aromatic carboxylic acids is 1. The molecule has 1 heterocycles. The fourth-order valence-electron chi connectivity index (χ4n) is 3.19. The van der Waals surface area contributed by atoms with Gasteiger partial charge in [0, 0.05) is 28.0 Å². The first-order chi connectivity index (χ1) is 11.1. The highest BCUT2D eigenvalue weighted by Crippen LogP contribution is 2.39. The molecule has 1 aliphatic carbocycles. The van der Waals surface area contributed by atoms with E-state index in [-0.39, 0.29) is 0 Å². The normalized spacial score (nSPS) is 14.3. The second-order valence-electron chi connectivity index (χ2n) is 6.11. The summed E-state index contributed by atoms with van der Waals surface area (Å²) in [4.78, 5) is 12.0. The second kappa shape index (κ2) is 5.43. The monoisotopic (exact) mass is 325 g/mol. The predicted molar refractivity (Wildman–Crippen MR) is 92.1 cm³/mol. The van der Waals surface area contributed by atoms with Gasteiger partial charge in [0.25, 0.3) is 0 Å². The van der Waals surface area contributed by atoms with Crippen LogP contribution in [0.1, 0.15) is 23.3 Å². The molecule has 3 aromatic rings. The zero-order valence-electron chi connectivity index (χ0n) is 12.5. The average Bonchev–Trinajstić information content (AvgIpc) is 3.30. The van der Waals surface area contributed by atoms with Crippen LogP contribution >= 0.6 is 11.6 Å². The first-order valence-electron chi connectivity index (χ1n) is 7.75. The standard InChI is InChI=1S/C19H16ClNO2/c20-14-8-9-16-15(10-14)17(13-4-2-1-3-5-13)18(19(22)23)21(16)11-12-6-7-12/h1-5,8-10,12H,6-7,11H2,(H,22,23). The fourth-order valence-corrected chi connectivity index (χ4v) is 3.37. The van der Waals surface area contributed by atoms with Gasteiger partial charge < -0.3 is 9.67 Å². The summed E-state index contributed by atoms with van der Waals surface area (Å²) in [7, 11) is 0. The summed E-state index contributed by atoms with van der Waals surface area (Å²) in [5, 5.41) is 11.4. The van der Waals surface area contributed by atoms with Crippen molar-refractivity contribution in [3.05, 3.63) is 59.2 Å². The lowest BCUT2D eigenvalue weighted by molar-refractivity contribution is 0.0686. The largest absolute Gasteiger partial charge is 0.477 e. The molecule has 0 aliphatic heterocycles. The highest BCUT2D eigenvalue weighted by molar-refractivity contribution is 6.31. The van der Waals surface area contributed by atoms with Gasteiger partial charge in [0.15, 0.2) is 0 Å². The SMILES string of the molecule is O=C(O)c1c(-c2ccccc2)c2cc(Cl)ccc2n1CC1CC1. The van der Waals surface area contributed by atoms with Crippen molar-refractivity contribution in [1.29, 1.82) is 0 Å². The van der Waals surface area contributed by atoms with Crippen molar-refractivity contribution in [2.45, 2.75) is 19.4 Å². The zero-order valence-corrected chi connectivity index (χ0v) is 13.3. The molecule has 0 saturated heterocycles. The van der Waals surface area contributed by atoms with Gasteiger partial charge in [-0.3, -0.25) is 0 Å². The van der Waals surface area contributed by atoms with Gasteiger partial charge in [0.2, 0.25) is 0 Å². The molecule has 1 aromatic heterocycles. The summed E-state index contributed by atoms with van der Waals surface area (Å²) in [5.74, 6) is -0.306. The molecular formula is C19H16ClNO2. The third-order valence-electron chi connectivity index (χ3n) is 4.43. The Labute approximate surface area is 139 Å². The summed E-state index contributed by atoms with van der Waals surface area (Å²) in [6.45, 7) is 0.757. The van der Waals surface area contributed by atoms with Crippen molar-refractivity contribution in [1.82, 2.24) is 4.57 Å². The van der Waals surface area contributed by atoms with E-state index >= 15 is 0 Å². The van der Waals surface area contributed by atoms with E-state index in [1.165, 1.54) is 12.8 Å². The van der Waals surface area contributed by atoms with E-state index < -0.39 is 5.97 Å². The molecule has 0 radical (unpaired) electrons. The molecule has 1 N–H and O–H groups in total. The van der Waals surface area contributed by atoms with Gasteiger partial charge in [-0.25, -0.2) is 4.79 Å². The Kier molecular flexibility index (Phi) is 3.38. The minimum Gasteiger partial charge on any atom is -0.477 e. The number of rotatable bonds is 4. The minimum atomic E-state index is -0.892. The lowest BCUT2D eigenvalue weighted by Crippen LogP contribution is -2.10. The zero-order chi connectivity index (χ0) is 16.0. The second-order valence-corrected chi connectivity index (χ2v) is 6.55. The summed E-state index contributed by atoms with van der Waals surface area (Å²) in [6.07, 6.45) is 2.35. The lowest BCUT2D eigenvalue weighted by Gasteiger charge is -2.08. The van der Waals surface area contributed by atoms with E-state index in [0.717, 1.165) is 28.6 Å². The van der Waals surface area contributed by atoms with Crippen molar-refractivity contribution in [3.8, 4) is 11.1 Å². The maximum absolute atomic E-state index is 12.0. The van der Waals surface area contributed by atoms with Gasteiger partial charge in [0.1, 0.15) is 5.69 Å². The average molecular weight is 326 g/mol. The van der Waals surface area contributed by atoms with Crippen LogP contribution in [-0.2, 0) is 6.54 Å². The van der Waals surface area contributed by atoms with Crippen LogP contribution in [0, 0.1) is 5.92 Å². The molecule has 0 amide bonds. The Morgan fingerprint density at radius 1 is 1.17 bits per heavy atom. The van der Waals surface area contributed by atoms with E-state index in [0.29, 0.717) is 16.6 Å². The summed E-state index contributed by atoms with van der Waals surface area (Å²) in [6, 6.07) is 15.3. The molecule has 0 atom stereocenters.